The number of amides is 1. The molecular weight excluding hydrogens is 472 g/mol. The smallest absolute Gasteiger partial charge is 0.357 e. The van der Waals surface area contributed by atoms with Crippen LogP contribution in [0.2, 0.25) is 0 Å². The molecule has 0 saturated heterocycles. The van der Waals surface area contributed by atoms with Gasteiger partial charge in [-0.05, 0) is 43.9 Å². The van der Waals surface area contributed by atoms with Crippen molar-refractivity contribution in [1.82, 2.24) is 16.0 Å². The van der Waals surface area contributed by atoms with Gasteiger partial charge >= 0.3 is 6.18 Å². The van der Waals surface area contributed by atoms with Gasteiger partial charge in [0.25, 0.3) is 0 Å². The highest BCUT2D eigenvalue weighted by molar-refractivity contribution is 14.0. The third-order valence-corrected chi connectivity index (χ3v) is 3.83. The summed E-state index contributed by atoms with van der Waals surface area (Å²) in [5.41, 5.74) is -0.189. The van der Waals surface area contributed by atoms with Crippen LogP contribution >= 0.6 is 24.0 Å². The van der Waals surface area contributed by atoms with Crippen molar-refractivity contribution in [3.05, 3.63) is 35.4 Å². The SMILES string of the molecule is CCNC(=NCc1cccc(C(F)(F)F)c1)NCCCC(=O)NC1CC1.I. The second-order valence-electron chi connectivity index (χ2n) is 6.27. The number of hydrogen-bond donors (Lipinski definition) is 3. The van der Waals surface area contributed by atoms with Gasteiger partial charge in [-0.2, -0.15) is 13.2 Å². The van der Waals surface area contributed by atoms with Crippen LogP contribution in [-0.2, 0) is 17.5 Å². The van der Waals surface area contributed by atoms with Crippen molar-refractivity contribution in [1.29, 1.82) is 0 Å². The Morgan fingerprint density at radius 3 is 2.63 bits per heavy atom. The molecule has 0 heterocycles. The second kappa shape index (κ2) is 11.4. The van der Waals surface area contributed by atoms with E-state index in [0.29, 0.717) is 43.5 Å². The lowest BCUT2D eigenvalue weighted by molar-refractivity contribution is -0.137. The lowest BCUT2D eigenvalue weighted by Crippen LogP contribution is -2.38. The maximum atomic E-state index is 12.7. The van der Waals surface area contributed by atoms with Crippen LogP contribution in [-0.4, -0.2) is 31.0 Å². The molecule has 1 fully saturated rings. The topological polar surface area (TPSA) is 65.5 Å². The molecule has 1 aromatic carbocycles. The molecule has 0 radical (unpaired) electrons. The van der Waals surface area contributed by atoms with Crippen LogP contribution in [0.25, 0.3) is 0 Å². The largest absolute Gasteiger partial charge is 0.416 e. The molecule has 0 bridgehead atoms. The summed E-state index contributed by atoms with van der Waals surface area (Å²) >= 11 is 0. The quantitative estimate of drug-likeness (QED) is 0.223. The second-order valence-corrected chi connectivity index (χ2v) is 6.27. The predicted molar refractivity (Wildman–Crippen MR) is 110 cm³/mol. The van der Waals surface area contributed by atoms with Crippen molar-refractivity contribution in [2.24, 2.45) is 4.99 Å². The van der Waals surface area contributed by atoms with Gasteiger partial charge in [-0.1, -0.05) is 12.1 Å². The highest BCUT2D eigenvalue weighted by Crippen LogP contribution is 2.29. The van der Waals surface area contributed by atoms with E-state index in [9.17, 15) is 18.0 Å². The Kier molecular flexibility index (Phi) is 9.89. The highest BCUT2D eigenvalue weighted by Gasteiger charge is 2.30. The van der Waals surface area contributed by atoms with Gasteiger partial charge in [0.05, 0.1) is 12.1 Å². The first kappa shape index (κ1) is 23.5. The molecule has 1 saturated carbocycles. The van der Waals surface area contributed by atoms with Crippen LogP contribution in [0.15, 0.2) is 29.3 Å². The number of nitrogens with zero attached hydrogens (tertiary/aromatic N) is 1. The molecule has 0 aromatic heterocycles. The van der Waals surface area contributed by atoms with Crippen LogP contribution in [0.5, 0.6) is 0 Å². The Morgan fingerprint density at radius 1 is 1.26 bits per heavy atom. The Hall–Kier alpha value is -1.52. The van der Waals surface area contributed by atoms with E-state index in [1.165, 1.54) is 6.07 Å². The lowest BCUT2D eigenvalue weighted by Gasteiger charge is -2.12. The summed E-state index contributed by atoms with van der Waals surface area (Å²) in [4.78, 5) is 15.9. The van der Waals surface area contributed by atoms with E-state index in [2.05, 4.69) is 20.9 Å². The molecule has 1 aliphatic carbocycles. The molecule has 9 heteroatoms. The summed E-state index contributed by atoms with van der Waals surface area (Å²) in [5.74, 6) is 0.577. The number of nitrogens with one attached hydrogen (secondary N) is 3. The maximum absolute atomic E-state index is 12.7. The number of hydrogen-bond acceptors (Lipinski definition) is 2. The van der Waals surface area contributed by atoms with Gasteiger partial charge < -0.3 is 16.0 Å². The monoisotopic (exact) mass is 498 g/mol. The zero-order valence-corrected chi connectivity index (χ0v) is 17.6. The predicted octanol–water partition coefficient (Wildman–Crippen LogP) is 3.44. The molecule has 2 rings (SSSR count). The van der Waals surface area contributed by atoms with Gasteiger partial charge in [0, 0.05) is 25.6 Å². The van der Waals surface area contributed by atoms with Crippen LogP contribution in [0.1, 0.15) is 43.7 Å². The van der Waals surface area contributed by atoms with Crippen molar-refractivity contribution >= 4 is 35.8 Å². The number of carbonyl (C=O) groups excluding carboxylic acids is 1. The Balaban J connectivity index is 0.00000364. The van der Waals surface area contributed by atoms with Crippen molar-refractivity contribution in [3.8, 4) is 0 Å². The van der Waals surface area contributed by atoms with E-state index in [4.69, 9.17) is 0 Å². The lowest BCUT2D eigenvalue weighted by atomic mass is 10.1. The van der Waals surface area contributed by atoms with Crippen molar-refractivity contribution in [2.75, 3.05) is 13.1 Å². The zero-order chi connectivity index (χ0) is 19.0. The van der Waals surface area contributed by atoms with Crippen molar-refractivity contribution in [2.45, 2.75) is 51.4 Å². The summed E-state index contributed by atoms with van der Waals surface area (Å²) in [5, 5.41) is 9.07. The third-order valence-electron chi connectivity index (χ3n) is 3.83. The summed E-state index contributed by atoms with van der Waals surface area (Å²) in [6.45, 7) is 3.25. The van der Waals surface area contributed by atoms with Gasteiger partial charge in [-0.3, -0.25) is 4.79 Å². The Labute approximate surface area is 174 Å². The number of benzene rings is 1. The zero-order valence-electron chi connectivity index (χ0n) is 15.2. The minimum atomic E-state index is -4.36. The fourth-order valence-corrected chi connectivity index (χ4v) is 2.34. The first-order valence-corrected chi connectivity index (χ1v) is 8.86. The van der Waals surface area contributed by atoms with Crippen molar-refractivity contribution < 1.29 is 18.0 Å². The van der Waals surface area contributed by atoms with Crippen LogP contribution in [0.3, 0.4) is 0 Å². The number of aliphatic imine (C=N–C) groups is 1. The van der Waals surface area contributed by atoms with E-state index in [1.54, 1.807) is 6.07 Å². The van der Waals surface area contributed by atoms with E-state index < -0.39 is 11.7 Å². The Morgan fingerprint density at radius 2 is 2.00 bits per heavy atom. The molecule has 152 valence electrons. The molecule has 5 nitrogen and oxygen atoms in total. The molecule has 0 atom stereocenters. The van der Waals surface area contributed by atoms with E-state index in [1.807, 2.05) is 6.92 Å². The minimum Gasteiger partial charge on any atom is -0.357 e. The summed E-state index contributed by atoms with van der Waals surface area (Å²) in [6, 6.07) is 5.51. The first-order chi connectivity index (χ1) is 12.4. The molecule has 0 aliphatic heterocycles. The van der Waals surface area contributed by atoms with Gasteiger partial charge in [0.1, 0.15) is 0 Å². The van der Waals surface area contributed by atoms with Crippen molar-refractivity contribution in [3.63, 3.8) is 0 Å². The molecule has 1 aliphatic rings. The summed E-state index contributed by atoms with van der Waals surface area (Å²) in [7, 11) is 0. The molecule has 0 spiro atoms. The van der Waals surface area contributed by atoms with Gasteiger partial charge in [0.15, 0.2) is 5.96 Å². The standard InChI is InChI=1S/C18H25F3N4O.HI/c1-2-22-17(23-10-4-7-16(26)25-15-8-9-15)24-12-13-5-3-6-14(11-13)18(19,20)21;/h3,5-6,11,15H,2,4,7-10,12H2,1H3,(H,25,26)(H2,22,23,24);1H. The third kappa shape index (κ3) is 9.30. The highest BCUT2D eigenvalue weighted by atomic mass is 127. The van der Waals surface area contributed by atoms with E-state index in [0.717, 1.165) is 25.0 Å². The van der Waals surface area contributed by atoms with Gasteiger partial charge in [0.2, 0.25) is 5.91 Å². The molecule has 1 aromatic rings. The summed E-state index contributed by atoms with van der Waals surface area (Å²) in [6.07, 6.45) is -1.12. The van der Waals surface area contributed by atoms with Crippen LogP contribution < -0.4 is 16.0 Å². The van der Waals surface area contributed by atoms with Gasteiger partial charge in [-0.25, -0.2) is 4.99 Å². The number of rotatable bonds is 8. The number of carbonyl (C=O) groups is 1. The normalized spacial score (nSPS) is 14.3. The van der Waals surface area contributed by atoms with E-state index >= 15 is 0 Å². The average molecular weight is 498 g/mol. The fraction of sp³-hybridized carbons (Fsp3) is 0.556. The van der Waals surface area contributed by atoms with Gasteiger partial charge in [-0.15, -0.1) is 24.0 Å². The average Bonchev–Trinajstić information content (AvgIpc) is 3.40. The maximum Gasteiger partial charge on any atom is 0.416 e. The summed E-state index contributed by atoms with van der Waals surface area (Å²) < 4.78 is 38.2. The molecule has 1 amide bonds. The Bertz CT molecular complexity index is 633. The molecule has 0 unspecified atom stereocenters. The molecule has 3 N–H and O–H groups in total. The fourth-order valence-electron chi connectivity index (χ4n) is 2.34. The molecule has 27 heavy (non-hydrogen) atoms. The minimum absolute atomic E-state index is 0. The number of guanidine groups is 1. The number of halogens is 4. The molecular formula is C18H26F3IN4O. The number of alkyl halides is 3. The van der Waals surface area contributed by atoms with E-state index in [-0.39, 0.29) is 36.4 Å². The first-order valence-electron chi connectivity index (χ1n) is 8.86. The van der Waals surface area contributed by atoms with Crippen LogP contribution in [0.4, 0.5) is 13.2 Å². The van der Waals surface area contributed by atoms with Crippen LogP contribution in [0, 0.1) is 0 Å².